The molecule has 0 aliphatic heterocycles. The van der Waals surface area contributed by atoms with Crippen LogP contribution in [-0.2, 0) is 19.3 Å². The maximum atomic E-state index is 9.25. The quantitative estimate of drug-likeness (QED) is 0.713. The standard InChI is InChI=1S/C11H17NO/c1-8(13)6-10-7-9-4-2-3-5-11(9)12-10/h7-8,12-13H,2-6H2,1H3/t8-/m1/s1. The van der Waals surface area contributed by atoms with Gasteiger partial charge in [0.1, 0.15) is 0 Å². The zero-order chi connectivity index (χ0) is 9.26. The first-order chi connectivity index (χ1) is 6.25. The Balaban J connectivity index is 2.15. The monoisotopic (exact) mass is 179 g/mol. The van der Waals surface area contributed by atoms with E-state index in [1.165, 1.54) is 42.6 Å². The van der Waals surface area contributed by atoms with Crippen LogP contribution in [0.4, 0.5) is 0 Å². The smallest absolute Gasteiger partial charge is 0.0566 e. The van der Waals surface area contributed by atoms with Gasteiger partial charge in [0.15, 0.2) is 0 Å². The fourth-order valence-corrected chi connectivity index (χ4v) is 2.10. The Morgan fingerprint density at radius 1 is 1.46 bits per heavy atom. The fourth-order valence-electron chi connectivity index (χ4n) is 2.10. The van der Waals surface area contributed by atoms with Gasteiger partial charge >= 0.3 is 0 Å². The Morgan fingerprint density at radius 2 is 2.23 bits per heavy atom. The number of hydrogen-bond acceptors (Lipinski definition) is 1. The molecule has 72 valence electrons. The number of rotatable bonds is 2. The summed E-state index contributed by atoms with van der Waals surface area (Å²) >= 11 is 0. The predicted octanol–water partition coefficient (Wildman–Crippen LogP) is 1.82. The van der Waals surface area contributed by atoms with E-state index in [-0.39, 0.29) is 6.10 Å². The van der Waals surface area contributed by atoms with Crippen molar-refractivity contribution in [2.75, 3.05) is 0 Å². The van der Waals surface area contributed by atoms with E-state index in [2.05, 4.69) is 11.1 Å². The van der Waals surface area contributed by atoms with Crippen molar-refractivity contribution in [1.82, 2.24) is 4.98 Å². The zero-order valence-corrected chi connectivity index (χ0v) is 8.14. The van der Waals surface area contributed by atoms with Gasteiger partial charge in [-0.25, -0.2) is 0 Å². The number of nitrogens with one attached hydrogen (secondary N) is 1. The molecule has 1 aliphatic rings. The van der Waals surface area contributed by atoms with Gasteiger partial charge in [-0.3, -0.25) is 0 Å². The van der Waals surface area contributed by atoms with Crippen molar-refractivity contribution in [2.24, 2.45) is 0 Å². The van der Waals surface area contributed by atoms with Crippen LogP contribution in [0, 0.1) is 0 Å². The van der Waals surface area contributed by atoms with E-state index < -0.39 is 0 Å². The Labute approximate surface area is 79.0 Å². The van der Waals surface area contributed by atoms with Gasteiger partial charge in [0, 0.05) is 17.8 Å². The molecular formula is C11H17NO. The van der Waals surface area contributed by atoms with Gasteiger partial charge in [-0.2, -0.15) is 0 Å². The average Bonchev–Trinajstić information content (AvgIpc) is 2.44. The number of fused-ring (bicyclic) bond motifs is 1. The summed E-state index contributed by atoms with van der Waals surface area (Å²) in [4.78, 5) is 3.40. The molecule has 1 aliphatic carbocycles. The third-order valence-corrected chi connectivity index (χ3v) is 2.69. The molecule has 0 saturated heterocycles. The summed E-state index contributed by atoms with van der Waals surface area (Å²) < 4.78 is 0. The number of aryl methyl sites for hydroxylation is 2. The molecule has 0 unspecified atom stereocenters. The lowest BCUT2D eigenvalue weighted by Gasteiger charge is -2.09. The second-order valence-electron chi connectivity index (χ2n) is 4.06. The van der Waals surface area contributed by atoms with Crippen LogP contribution in [0.2, 0.25) is 0 Å². The Hall–Kier alpha value is -0.760. The second kappa shape index (κ2) is 3.54. The Morgan fingerprint density at radius 3 is 2.92 bits per heavy atom. The van der Waals surface area contributed by atoms with Crippen molar-refractivity contribution < 1.29 is 5.11 Å². The van der Waals surface area contributed by atoms with Gasteiger partial charge < -0.3 is 10.1 Å². The maximum absolute atomic E-state index is 9.25. The van der Waals surface area contributed by atoms with E-state index in [1.807, 2.05) is 6.92 Å². The molecule has 2 rings (SSSR count). The summed E-state index contributed by atoms with van der Waals surface area (Å²) in [5.74, 6) is 0. The average molecular weight is 179 g/mol. The molecule has 1 atom stereocenters. The van der Waals surface area contributed by atoms with Gasteiger partial charge in [-0.05, 0) is 44.2 Å². The van der Waals surface area contributed by atoms with Crippen molar-refractivity contribution >= 4 is 0 Å². The van der Waals surface area contributed by atoms with Crippen molar-refractivity contribution in [3.8, 4) is 0 Å². The van der Waals surface area contributed by atoms with E-state index in [9.17, 15) is 5.11 Å². The lowest BCUT2D eigenvalue weighted by atomic mass is 9.98. The molecule has 0 aromatic carbocycles. The summed E-state index contributed by atoms with van der Waals surface area (Å²) in [6.45, 7) is 1.83. The maximum Gasteiger partial charge on any atom is 0.0566 e. The molecule has 2 heteroatoms. The summed E-state index contributed by atoms with van der Waals surface area (Å²) in [5, 5.41) is 9.25. The number of hydrogen-bond donors (Lipinski definition) is 2. The molecule has 0 spiro atoms. The summed E-state index contributed by atoms with van der Waals surface area (Å²) in [5.41, 5.74) is 4.07. The van der Waals surface area contributed by atoms with Crippen LogP contribution in [-0.4, -0.2) is 16.2 Å². The highest BCUT2D eigenvalue weighted by Gasteiger charge is 2.12. The molecule has 0 amide bonds. The van der Waals surface area contributed by atoms with Crippen LogP contribution in [0.15, 0.2) is 6.07 Å². The van der Waals surface area contributed by atoms with Crippen LogP contribution in [0.1, 0.15) is 36.7 Å². The number of aliphatic hydroxyl groups excluding tert-OH is 1. The molecule has 2 N–H and O–H groups in total. The number of aromatic nitrogens is 1. The summed E-state index contributed by atoms with van der Waals surface area (Å²) in [6, 6.07) is 2.22. The lowest BCUT2D eigenvalue weighted by Crippen LogP contribution is -2.04. The molecule has 0 fully saturated rings. The van der Waals surface area contributed by atoms with Crippen LogP contribution in [0.3, 0.4) is 0 Å². The third kappa shape index (κ3) is 1.94. The highest BCUT2D eigenvalue weighted by Crippen LogP contribution is 2.22. The van der Waals surface area contributed by atoms with E-state index >= 15 is 0 Å². The minimum Gasteiger partial charge on any atom is -0.393 e. The molecule has 1 aromatic rings. The van der Waals surface area contributed by atoms with Crippen molar-refractivity contribution in [1.29, 1.82) is 0 Å². The normalized spacial score (nSPS) is 18.3. The molecule has 1 aromatic heterocycles. The molecular weight excluding hydrogens is 162 g/mol. The molecule has 2 nitrogen and oxygen atoms in total. The number of H-pyrrole nitrogens is 1. The van der Waals surface area contributed by atoms with Gasteiger partial charge in [0.2, 0.25) is 0 Å². The first-order valence-electron chi connectivity index (χ1n) is 5.13. The van der Waals surface area contributed by atoms with Crippen LogP contribution in [0.5, 0.6) is 0 Å². The first kappa shape index (κ1) is 8.82. The largest absolute Gasteiger partial charge is 0.393 e. The SMILES string of the molecule is C[C@@H](O)Cc1cc2c([nH]1)CCCC2. The number of aromatic amines is 1. The van der Waals surface area contributed by atoms with E-state index in [0.29, 0.717) is 0 Å². The van der Waals surface area contributed by atoms with Gasteiger partial charge in [0.05, 0.1) is 6.10 Å². The van der Waals surface area contributed by atoms with Crippen LogP contribution >= 0.6 is 0 Å². The topological polar surface area (TPSA) is 36.0 Å². The molecule has 13 heavy (non-hydrogen) atoms. The third-order valence-electron chi connectivity index (χ3n) is 2.69. The first-order valence-corrected chi connectivity index (χ1v) is 5.13. The summed E-state index contributed by atoms with van der Waals surface area (Å²) in [7, 11) is 0. The Kier molecular flexibility index (Phi) is 2.40. The minimum atomic E-state index is -0.236. The molecule has 0 radical (unpaired) electrons. The lowest BCUT2D eigenvalue weighted by molar-refractivity contribution is 0.194. The van der Waals surface area contributed by atoms with E-state index in [4.69, 9.17) is 0 Å². The van der Waals surface area contributed by atoms with Crippen molar-refractivity contribution in [3.05, 3.63) is 23.0 Å². The summed E-state index contributed by atoms with van der Waals surface area (Å²) in [6.07, 6.45) is 5.55. The molecule has 0 bridgehead atoms. The minimum absolute atomic E-state index is 0.236. The highest BCUT2D eigenvalue weighted by atomic mass is 16.3. The van der Waals surface area contributed by atoms with Gasteiger partial charge in [-0.1, -0.05) is 0 Å². The second-order valence-corrected chi connectivity index (χ2v) is 4.06. The number of aliphatic hydroxyl groups is 1. The van der Waals surface area contributed by atoms with Crippen LogP contribution in [0.25, 0.3) is 0 Å². The van der Waals surface area contributed by atoms with Crippen molar-refractivity contribution in [3.63, 3.8) is 0 Å². The predicted molar refractivity (Wildman–Crippen MR) is 52.8 cm³/mol. The zero-order valence-electron chi connectivity index (χ0n) is 8.14. The Bertz CT molecular complexity index is 265. The van der Waals surface area contributed by atoms with E-state index in [0.717, 1.165) is 6.42 Å². The van der Waals surface area contributed by atoms with Crippen molar-refractivity contribution in [2.45, 2.75) is 45.1 Å². The van der Waals surface area contributed by atoms with Gasteiger partial charge in [-0.15, -0.1) is 0 Å². The fraction of sp³-hybridized carbons (Fsp3) is 0.636. The molecule has 0 saturated carbocycles. The van der Waals surface area contributed by atoms with Crippen LogP contribution < -0.4 is 0 Å². The molecule has 1 heterocycles. The highest BCUT2D eigenvalue weighted by molar-refractivity contribution is 5.28. The van der Waals surface area contributed by atoms with E-state index in [1.54, 1.807) is 0 Å². The van der Waals surface area contributed by atoms with Gasteiger partial charge in [0.25, 0.3) is 0 Å².